The molecular formula is C35H49FN2O7. The predicted molar refractivity (Wildman–Crippen MR) is 172 cm³/mol. The van der Waals surface area contributed by atoms with Crippen molar-refractivity contribution < 1.29 is 38.1 Å². The molecule has 2 bridgehead atoms. The first kappa shape index (κ1) is 36.4. The Labute approximate surface area is 266 Å². The summed E-state index contributed by atoms with van der Waals surface area (Å²) < 4.78 is 34.7. The van der Waals surface area contributed by atoms with Gasteiger partial charge in [0.25, 0.3) is 5.67 Å². The summed E-state index contributed by atoms with van der Waals surface area (Å²) in [5, 5.41) is 12.1. The van der Waals surface area contributed by atoms with Gasteiger partial charge < -0.3 is 19.3 Å². The Kier molecular flexibility index (Phi) is 11.8. The van der Waals surface area contributed by atoms with Crippen LogP contribution in [0.15, 0.2) is 46.5 Å². The number of carbonyl (C=O) groups is 3. The molecule has 0 aliphatic carbocycles. The summed E-state index contributed by atoms with van der Waals surface area (Å²) in [5.74, 6) is -5.32. The fraction of sp³-hybridized carbons (Fsp3) is 0.629. The number of halogens is 1. The Morgan fingerprint density at radius 1 is 1.07 bits per heavy atom. The second-order valence-electron chi connectivity index (χ2n) is 13.2. The van der Waals surface area contributed by atoms with E-state index in [-0.39, 0.29) is 25.6 Å². The van der Waals surface area contributed by atoms with Crippen LogP contribution < -0.4 is 0 Å². The molecule has 0 saturated carbocycles. The zero-order valence-electron chi connectivity index (χ0n) is 28.0. The van der Waals surface area contributed by atoms with Crippen LogP contribution in [0.5, 0.6) is 0 Å². The van der Waals surface area contributed by atoms with Gasteiger partial charge in [0.15, 0.2) is 5.78 Å². The summed E-state index contributed by atoms with van der Waals surface area (Å²) in [4.78, 5) is 48.4. The fourth-order valence-corrected chi connectivity index (χ4v) is 6.57. The normalized spacial score (nSPS) is 39.3. The number of Topliss-reactive ketones (excluding diaryl/α,β-unsaturated/α-hetero) is 1. The topological polar surface area (TPSA) is 124 Å². The van der Waals surface area contributed by atoms with Crippen molar-refractivity contribution in [2.45, 2.75) is 104 Å². The van der Waals surface area contributed by atoms with Crippen LogP contribution in [0.4, 0.5) is 4.39 Å². The third kappa shape index (κ3) is 8.20. The first-order valence-electron chi connectivity index (χ1n) is 15.7. The smallest absolute Gasteiger partial charge is 0.351 e. The van der Waals surface area contributed by atoms with E-state index in [1.807, 2.05) is 50.3 Å². The van der Waals surface area contributed by atoms with Gasteiger partial charge in [-0.2, -0.15) is 0 Å². The van der Waals surface area contributed by atoms with E-state index in [0.717, 1.165) is 12.5 Å². The number of alkyl halides is 1. The maximum atomic E-state index is 16.1. The zero-order chi connectivity index (χ0) is 33.7. The lowest BCUT2D eigenvalue weighted by atomic mass is 9.70. The number of aliphatic imine (C=N–C) groups is 2. The van der Waals surface area contributed by atoms with Gasteiger partial charge in [-0.05, 0) is 57.1 Å². The number of amides is 1. The fourth-order valence-electron chi connectivity index (χ4n) is 6.57. The van der Waals surface area contributed by atoms with Gasteiger partial charge in [0, 0.05) is 30.7 Å². The molecule has 1 N–H and O–H groups in total. The number of hydrogen-bond donors (Lipinski definition) is 1. The van der Waals surface area contributed by atoms with Crippen LogP contribution in [-0.4, -0.2) is 76.5 Å². The molecule has 10 heteroatoms. The molecule has 0 aromatic heterocycles. The van der Waals surface area contributed by atoms with Crippen LogP contribution in [0.3, 0.4) is 0 Å². The molecule has 2 aliphatic rings. The maximum absolute atomic E-state index is 16.1. The van der Waals surface area contributed by atoms with E-state index in [9.17, 15) is 19.5 Å². The van der Waals surface area contributed by atoms with Crippen molar-refractivity contribution >= 4 is 35.2 Å². The first-order valence-corrected chi connectivity index (χ1v) is 15.7. The number of fused-ring (bicyclic) bond motifs is 5. The number of ketones is 1. The van der Waals surface area contributed by atoms with Gasteiger partial charge in [-0.25, -0.2) is 14.2 Å². The molecular weight excluding hydrogens is 579 g/mol. The van der Waals surface area contributed by atoms with E-state index < -0.39 is 64.5 Å². The summed E-state index contributed by atoms with van der Waals surface area (Å²) >= 11 is 0. The van der Waals surface area contributed by atoms with E-state index in [1.54, 1.807) is 33.9 Å². The standard InChI is InChI=1S/C35H49FN2O7/c1-10-28-35(9,42)31-23(4)29(38-25(6)39)21(2)18-33(7,24(5)22(3)30(40)34(8,36)32(41)45-28)44-20-27(19-43-31)37-17-16-26-14-12-11-13-15-26/h11-17,21-24,28,31,42H,10,18-20H2,1-9H3/b17-16+,37-27?,38-29?/t21-,22-,23+,24-,28-,31-,33-,34+,35-/m1/s1. The average Bonchev–Trinajstić information content (AvgIpc) is 3.00. The number of cyclic esters (lactones) is 1. The van der Waals surface area contributed by atoms with Gasteiger partial charge >= 0.3 is 5.97 Å². The number of hydrogen-bond acceptors (Lipinski definition) is 8. The molecule has 2 fully saturated rings. The third-order valence-corrected chi connectivity index (χ3v) is 9.57. The van der Waals surface area contributed by atoms with Gasteiger partial charge in [-0.1, -0.05) is 65.0 Å². The van der Waals surface area contributed by atoms with E-state index >= 15 is 4.39 Å². The second kappa shape index (κ2) is 14.6. The molecule has 2 heterocycles. The van der Waals surface area contributed by atoms with Gasteiger partial charge in [-0.15, -0.1) is 0 Å². The lowest BCUT2D eigenvalue weighted by Crippen LogP contribution is -2.59. The summed E-state index contributed by atoms with van der Waals surface area (Å²) in [6, 6.07) is 9.64. The van der Waals surface area contributed by atoms with Crippen molar-refractivity contribution in [3.05, 3.63) is 42.1 Å². The van der Waals surface area contributed by atoms with Gasteiger partial charge in [0.1, 0.15) is 11.7 Å². The summed E-state index contributed by atoms with van der Waals surface area (Å²) in [6.07, 6.45) is 1.55. The van der Waals surface area contributed by atoms with E-state index in [2.05, 4.69) is 9.98 Å². The average molecular weight is 629 g/mol. The zero-order valence-corrected chi connectivity index (χ0v) is 28.0. The number of benzene rings is 1. The van der Waals surface area contributed by atoms with Crippen LogP contribution in [0.1, 0.15) is 80.7 Å². The second-order valence-corrected chi connectivity index (χ2v) is 13.2. The molecule has 1 amide bonds. The van der Waals surface area contributed by atoms with Crippen molar-refractivity contribution in [2.24, 2.45) is 33.7 Å². The lowest BCUT2D eigenvalue weighted by molar-refractivity contribution is -0.198. The Hall–Kier alpha value is -3.08. The largest absolute Gasteiger partial charge is 0.457 e. The number of ether oxygens (including phenoxy) is 3. The number of aliphatic hydroxyl groups is 1. The van der Waals surface area contributed by atoms with Crippen LogP contribution in [0.25, 0.3) is 6.08 Å². The van der Waals surface area contributed by atoms with Crippen molar-refractivity contribution in [3.8, 4) is 0 Å². The summed E-state index contributed by atoms with van der Waals surface area (Å²) in [6.45, 7) is 14.2. The Morgan fingerprint density at radius 2 is 1.71 bits per heavy atom. The minimum absolute atomic E-state index is 0.00948. The molecule has 248 valence electrons. The highest BCUT2D eigenvalue weighted by atomic mass is 19.1. The van der Waals surface area contributed by atoms with Crippen LogP contribution >= 0.6 is 0 Å². The number of rotatable bonds is 3. The molecule has 9 nitrogen and oxygen atoms in total. The summed E-state index contributed by atoms with van der Waals surface area (Å²) in [5.41, 5.74) is -4.00. The highest BCUT2D eigenvalue weighted by Crippen LogP contribution is 2.40. The molecule has 0 unspecified atom stereocenters. The molecule has 2 saturated heterocycles. The Balaban J connectivity index is 2.28. The highest BCUT2D eigenvalue weighted by molar-refractivity contribution is 6.07. The predicted octanol–water partition coefficient (Wildman–Crippen LogP) is 5.58. The minimum atomic E-state index is -2.97. The Bertz CT molecular complexity index is 1320. The quantitative estimate of drug-likeness (QED) is 0.343. The van der Waals surface area contributed by atoms with Crippen LogP contribution in [0.2, 0.25) is 0 Å². The highest BCUT2D eigenvalue weighted by Gasteiger charge is 2.54. The van der Waals surface area contributed by atoms with Gasteiger partial charge in [0.2, 0.25) is 5.91 Å². The lowest BCUT2D eigenvalue weighted by Gasteiger charge is -2.44. The monoisotopic (exact) mass is 628 g/mol. The number of esters is 1. The molecule has 3 rings (SSSR count). The molecule has 0 radical (unpaired) electrons. The van der Waals surface area contributed by atoms with Gasteiger partial charge in [-0.3, -0.25) is 14.6 Å². The van der Waals surface area contributed by atoms with E-state index in [1.165, 1.54) is 13.8 Å². The molecule has 1 aromatic carbocycles. The molecule has 1 aromatic rings. The molecule has 2 aliphatic heterocycles. The van der Waals surface area contributed by atoms with Crippen molar-refractivity contribution in [1.82, 2.24) is 0 Å². The number of nitrogens with zero attached hydrogens (tertiary/aromatic N) is 2. The molecule has 45 heavy (non-hydrogen) atoms. The first-order chi connectivity index (χ1) is 21.0. The molecule has 0 spiro atoms. The van der Waals surface area contributed by atoms with Crippen LogP contribution in [-0.2, 0) is 28.6 Å². The van der Waals surface area contributed by atoms with Crippen molar-refractivity contribution in [1.29, 1.82) is 0 Å². The Morgan fingerprint density at radius 3 is 2.31 bits per heavy atom. The SMILES string of the molecule is CC[C@H]1OC(=O)[C@@](C)(F)C(=O)[C@H](C)[C@@H](C)[C@@]2(C)C[C@@H](C)C(=NC(C)=O)[C@H](C)[C@@H](OCC(=N/C=C/c3ccccc3)CO2)[C@]1(C)O. The third-order valence-electron chi connectivity index (χ3n) is 9.57. The van der Waals surface area contributed by atoms with Gasteiger partial charge in [0.05, 0.1) is 30.6 Å². The van der Waals surface area contributed by atoms with Crippen molar-refractivity contribution in [2.75, 3.05) is 13.2 Å². The number of carbonyl (C=O) groups excluding carboxylic acids is 3. The minimum Gasteiger partial charge on any atom is -0.457 e. The van der Waals surface area contributed by atoms with E-state index in [0.29, 0.717) is 17.8 Å². The van der Waals surface area contributed by atoms with E-state index in [4.69, 9.17) is 14.2 Å². The van der Waals surface area contributed by atoms with Crippen molar-refractivity contribution in [3.63, 3.8) is 0 Å². The van der Waals surface area contributed by atoms with Crippen LogP contribution in [0, 0.1) is 23.7 Å². The summed E-state index contributed by atoms with van der Waals surface area (Å²) in [7, 11) is 0. The maximum Gasteiger partial charge on any atom is 0.351 e. The molecule has 9 atom stereocenters.